The van der Waals surface area contributed by atoms with Gasteiger partial charge >= 0.3 is 6.18 Å². The van der Waals surface area contributed by atoms with Crippen molar-refractivity contribution in [3.8, 4) is 11.8 Å². The van der Waals surface area contributed by atoms with Gasteiger partial charge in [0.25, 0.3) is 6.47 Å². The molecule has 0 fully saturated rings. The molecule has 6 heteroatoms. The van der Waals surface area contributed by atoms with Gasteiger partial charge in [-0.1, -0.05) is 0 Å². The molecular weight excluding hydrogens is 211 g/mol. The minimum atomic E-state index is -4.58. The van der Waals surface area contributed by atoms with E-state index in [0.717, 1.165) is 6.07 Å². The molecule has 0 atom stereocenters. The van der Waals surface area contributed by atoms with Crippen LogP contribution in [0, 0.1) is 11.3 Å². The molecule has 0 aromatic heterocycles. The summed E-state index contributed by atoms with van der Waals surface area (Å²) in [5.74, 6) is -0.309. The van der Waals surface area contributed by atoms with E-state index in [0.29, 0.717) is 12.1 Å². The van der Waals surface area contributed by atoms with E-state index in [9.17, 15) is 18.0 Å². The van der Waals surface area contributed by atoms with E-state index >= 15 is 0 Å². The normalized spacial score (nSPS) is 10.5. The lowest BCUT2D eigenvalue weighted by Crippen LogP contribution is -2.05. The van der Waals surface area contributed by atoms with E-state index in [1.807, 2.05) is 0 Å². The Labute approximate surface area is 82.7 Å². The van der Waals surface area contributed by atoms with Crippen molar-refractivity contribution >= 4 is 6.47 Å². The molecule has 0 heterocycles. The van der Waals surface area contributed by atoms with Gasteiger partial charge in [0.2, 0.25) is 0 Å². The highest BCUT2D eigenvalue weighted by atomic mass is 19.4. The molecule has 15 heavy (non-hydrogen) atoms. The first kappa shape index (κ1) is 11.0. The Morgan fingerprint density at radius 2 is 2.00 bits per heavy atom. The molecule has 0 saturated heterocycles. The maximum Gasteiger partial charge on any atom is 0.416 e. The second-order valence-electron chi connectivity index (χ2n) is 2.57. The SMILES string of the molecule is N#Cc1cc(OC=O)cc(C(F)(F)F)c1. The molecule has 1 aromatic rings. The third-order valence-corrected chi connectivity index (χ3v) is 1.55. The van der Waals surface area contributed by atoms with Crippen molar-refractivity contribution < 1.29 is 22.7 Å². The van der Waals surface area contributed by atoms with Crippen LogP contribution in [0.1, 0.15) is 11.1 Å². The number of nitriles is 1. The zero-order chi connectivity index (χ0) is 11.5. The molecule has 0 spiro atoms. The first-order chi connectivity index (χ1) is 6.97. The molecule has 1 rings (SSSR count). The zero-order valence-electron chi connectivity index (χ0n) is 7.21. The Kier molecular flexibility index (Phi) is 2.95. The fourth-order valence-electron chi connectivity index (χ4n) is 0.951. The summed E-state index contributed by atoms with van der Waals surface area (Å²) in [5.41, 5.74) is -1.25. The van der Waals surface area contributed by atoms with Crippen LogP contribution in [0.4, 0.5) is 13.2 Å². The van der Waals surface area contributed by atoms with Gasteiger partial charge in [-0.25, -0.2) is 0 Å². The predicted molar refractivity (Wildman–Crippen MR) is 42.9 cm³/mol. The zero-order valence-corrected chi connectivity index (χ0v) is 7.21. The van der Waals surface area contributed by atoms with Gasteiger partial charge in [-0.2, -0.15) is 18.4 Å². The molecule has 0 aliphatic heterocycles. The van der Waals surface area contributed by atoms with Gasteiger partial charge in [0.15, 0.2) is 0 Å². The van der Waals surface area contributed by atoms with Crippen molar-refractivity contribution in [2.45, 2.75) is 6.18 Å². The second-order valence-corrected chi connectivity index (χ2v) is 2.57. The summed E-state index contributed by atoms with van der Waals surface area (Å²) >= 11 is 0. The van der Waals surface area contributed by atoms with Crippen LogP contribution in [0.2, 0.25) is 0 Å². The standard InChI is InChI=1S/C9H4F3NO2/c10-9(11,12)7-1-6(4-13)2-8(3-7)15-5-14/h1-3,5H. The van der Waals surface area contributed by atoms with Gasteiger partial charge in [0.05, 0.1) is 17.2 Å². The molecule has 0 saturated carbocycles. The minimum Gasteiger partial charge on any atom is -0.429 e. The third-order valence-electron chi connectivity index (χ3n) is 1.55. The molecule has 0 aliphatic carbocycles. The van der Waals surface area contributed by atoms with Crippen molar-refractivity contribution in [2.75, 3.05) is 0 Å². The maximum absolute atomic E-state index is 12.3. The number of rotatable bonds is 2. The average molecular weight is 215 g/mol. The van der Waals surface area contributed by atoms with Crippen molar-refractivity contribution in [2.24, 2.45) is 0 Å². The van der Waals surface area contributed by atoms with Crippen LogP contribution >= 0.6 is 0 Å². The highest BCUT2D eigenvalue weighted by molar-refractivity contribution is 5.49. The lowest BCUT2D eigenvalue weighted by Gasteiger charge is -2.08. The van der Waals surface area contributed by atoms with Crippen LogP contribution in [-0.2, 0) is 11.0 Å². The number of nitrogens with zero attached hydrogens (tertiary/aromatic N) is 1. The number of ether oxygens (including phenoxy) is 1. The van der Waals surface area contributed by atoms with Gasteiger partial charge in [-0.05, 0) is 18.2 Å². The maximum atomic E-state index is 12.3. The first-order valence-electron chi connectivity index (χ1n) is 3.70. The van der Waals surface area contributed by atoms with E-state index in [2.05, 4.69) is 4.74 Å². The van der Waals surface area contributed by atoms with E-state index in [1.54, 1.807) is 6.07 Å². The Balaban J connectivity index is 3.24. The number of carbonyl (C=O) groups excluding carboxylic acids is 1. The quantitative estimate of drug-likeness (QED) is 0.710. The van der Waals surface area contributed by atoms with Crippen molar-refractivity contribution in [1.82, 2.24) is 0 Å². The fourth-order valence-corrected chi connectivity index (χ4v) is 0.951. The van der Waals surface area contributed by atoms with E-state index in [1.165, 1.54) is 0 Å². The van der Waals surface area contributed by atoms with Crippen LogP contribution in [-0.4, -0.2) is 6.47 Å². The summed E-state index contributed by atoms with van der Waals surface area (Å²) in [4.78, 5) is 9.95. The third kappa shape index (κ3) is 2.71. The highest BCUT2D eigenvalue weighted by Crippen LogP contribution is 2.32. The predicted octanol–water partition coefficient (Wildman–Crippen LogP) is 2.11. The summed E-state index contributed by atoms with van der Waals surface area (Å²) in [7, 11) is 0. The molecule has 0 bridgehead atoms. The highest BCUT2D eigenvalue weighted by Gasteiger charge is 2.31. The first-order valence-corrected chi connectivity index (χ1v) is 3.70. The molecule has 0 aliphatic rings. The number of benzene rings is 1. The summed E-state index contributed by atoms with van der Waals surface area (Å²) in [6.07, 6.45) is -4.58. The van der Waals surface area contributed by atoms with E-state index < -0.39 is 11.7 Å². The number of hydrogen-bond acceptors (Lipinski definition) is 3. The largest absolute Gasteiger partial charge is 0.429 e. The molecule has 0 amide bonds. The average Bonchev–Trinajstić information content (AvgIpc) is 2.16. The van der Waals surface area contributed by atoms with Gasteiger partial charge in [0, 0.05) is 0 Å². The van der Waals surface area contributed by atoms with Gasteiger partial charge in [-0.15, -0.1) is 0 Å². The Hall–Kier alpha value is -2.03. The topological polar surface area (TPSA) is 50.1 Å². The summed E-state index contributed by atoms with van der Waals surface area (Å²) in [6.45, 7) is -0.00333. The van der Waals surface area contributed by atoms with Gasteiger partial charge < -0.3 is 4.74 Å². The molecular formula is C9H4F3NO2. The Morgan fingerprint density at radius 1 is 1.33 bits per heavy atom. The molecule has 0 unspecified atom stereocenters. The van der Waals surface area contributed by atoms with Crippen LogP contribution < -0.4 is 4.74 Å². The fraction of sp³-hybridized carbons (Fsp3) is 0.111. The number of carbonyl (C=O) groups is 1. The summed E-state index contributed by atoms with van der Waals surface area (Å²) < 4.78 is 41.1. The van der Waals surface area contributed by atoms with Crippen LogP contribution in [0.3, 0.4) is 0 Å². The monoisotopic (exact) mass is 215 g/mol. The van der Waals surface area contributed by atoms with Crippen LogP contribution in [0.15, 0.2) is 18.2 Å². The molecule has 78 valence electrons. The smallest absolute Gasteiger partial charge is 0.416 e. The lowest BCUT2D eigenvalue weighted by atomic mass is 10.1. The molecule has 0 N–H and O–H groups in total. The van der Waals surface area contributed by atoms with Crippen LogP contribution in [0.5, 0.6) is 5.75 Å². The van der Waals surface area contributed by atoms with Gasteiger partial charge in [-0.3, -0.25) is 4.79 Å². The Morgan fingerprint density at radius 3 is 2.47 bits per heavy atom. The van der Waals surface area contributed by atoms with Crippen molar-refractivity contribution in [1.29, 1.82) is 5.26 Å². The van der Waals surface area contributed by atoms with Gasteiger partial charge in [0.1, 0.15) is 5.75 Å². The minimum absolute atomic E-state index is 0.00333. The number of halogens is 3. The second kappa shape index (κ2) is 4.00. The number of hydrogen-bond donors (Lipinski definition) is 0. The van der Waals surface area contributed by atoms with Crippen LogP contribution in [0.25, 0.3) is 0 Å². The molecule has 0 radical (unpaired) electrons. The van der Waals surface area contributed by atoms with Crippen molar-refractivity contribution in [3.63, 3.8) is 0 Å². The summed E-state index contributed by atoms with van der Waals surface area (Å²) in [6, 6.07) is 3.91. The van der Waals surface area contributed by atoms with Crippen molar-refractivity contribution in [3.05, 3.63) is 29.3 Å². The Bertz CT molecular complexity index is 420. The van der Waals surface area contributed by atoms with E-state index in [4.69, 9.17) is 5.26 Å². The summed E-state index contributed by atoms with van der Waals surface area (Å²) in [5, 5.41) is 8.46. The molecule has 1 aromatic carbocycles. The number of alkyl halides is 3. The molecule has 3 nitrogen and oxygen atoms in total. The lowest BCUT2D eigenvalue weighted by molar-refractivity contribution is -0.138. The van der Waals surface area contributed by atoms with E-state index in [-0.39, 0.29) is 17.8 Å².